The van der Waals surface area contributed by atoms with Crippen LogP contribution in [0.1, 0.15) is 57.3 Å². The summed E-state index contributed by atoms with van der Waals surface area (Å²) in [6, 6.07) is 18.7. The first-order valence-electron chi connectivity index (χ1n) is 10.8. The second-order valence-electron chi connectivity index (χ2n) is 8.31. The summed E-state index contributed by atoms with van der Waals surface area (Å²) >= 11 is 0. The normalized spacial score (nSPS) is 11.2. The maximum absolute atomic E-state index is 13.6. The highest BCUT2D eigenvalue weighted by Gasteiger charge is 2.25. The van der Waals surface area contributed by atoms with Gasteiger partial charge >= 0.3 is 0 Å². The molecule has 33 heavy (non-hydrogen) atoms. The van der Waals surface area contributed by atoms with E-state index in [-0.39, 0.29) is 18.4 Å². The van der Waals surface area contributed by atoms with Gasteiger partial charge in [-0.05, 0) is 35.2 Å². The third-order valence-corrected chi connectivity index (χ3v) is 5.66. The maximum atomic E-state index is 13.6. The van der Waals surface area contributed by atoms with Gasteiger partial charge in [-0.2, -0.15) is 0 Å². The lowest BCUT2D eigenvalue weighted by Crippen LogP contribution is -2.24. The Morgan fingerprint density at radius 1 is 0.970 bits per heavy atom. The molecule has 1 N–H and O–H groups in total. The minimum atomic E-state index is -0.953. The first-order chi connectivity index (χ1) is 15.9. The van der Waals surface area contributed by atoms with E-state index in [0.29, 0.717) is 23.2 Å². The first kappa shape index (κ1) is 22.4. The van der Waals surface area contributed by atoms with Crippen LogP contribution < -0.4 is 5.32 Å². The molecule has 4 rings (SSSR count). The van der Waals surface area contributed by atoms with Gasteiger partial charge in [0.25, 0.3) is 5.91 Å². The summed E-state index contributed by atoms with van der Waals surface area (Å²) < 4.78 is 28.9. The number of aldehydes is 1. The second-order valence-corrected chi connectivity index (χ2v) is 8.31. The number of hydrogen-bond acceptors (Lipinski definition) is 2. The van der Waals surface area contributed by atoms with Crippen molar-refractivity contribution in [2.75, 3.05) is 0 Å². The summed E-state index contributed by atoms with van der Waals surface area (Å²) in [5, 5.41) is 3.58. The lowest BCUT2D eigenvalue weighted by Gasteiger charge is -2.16. The van der Waals surface area contributed by atoms with E-state index in [0.717, 1.165) is 40.6 Å². The number of halogens is 2. The molecule has 0 atom stereocenters. The smallest absolute Gasteiger partial charge is 0.254 e. The van der Waals surface area contributed by atoms with E-state index in [4.69, 9.17) is 0 Å². The molecule has 0 aliphatic heterocycles. The lowest BCUT2D eigenvalue weighted by atomic mass is 10.0. The molecule has 0 spiro atoms. The van der Waals surface area contributed by atoms with E-state index in [9.17, 15) is 18.4 Å². The molecule has 4 nitrogen and oxygen atoms in total. The van der Waals surface area contributed by atoms with Crippen molar-refractivity contribution in [2.45, 2.75) is 32.9 Å². The van der Waals surface area contributed by atoms with Crippen LogP contribution in [0.25, 0.3) is 10.9 Å². The van der Waals surface area contributed by atoms with Crippen molar-refractivity contribution in [3.05, 3.63) is 106 Å². The quantitative estimate of drug-likeness (QED) is 0.363. The van der Waals surface area contributed by atoms with Gasteiger partial charge in [0.15, 0.2) is 11.6 Å². The molecule has 0 bridgehead atoms. The Kier molecular flexibility index (Phi) is 6.36. The largest absolute Gasteiger partial charge is 0.348 e. The fraction of sp³-hybridized carbons (Fsp3) is 0.185. The molecular formula is C27H24F2N2O2. The number of rotatable bonds is 7. The molecule has 6 heteroatoms. The van der Waals surface area contributed by atoms with Gasteiger partial charge < -0.3 is 9.88 Å². The summed E-state index contributed by atoms with van der Waals surface area (Å²) in [6.07, 6.45) is 0.789. The van der Waals surface area contributed by atoms with Crippen LogP contribution in [-0.2, 0) is 13.1 Å². The average Bonchev–Trinajstić information content (AvgIpc) is 3.14. The van der Waals surface area contributed by atoms with Crippen LogP contribution in [0, 0.1) is 11.6 Å². The first-order valence-corrected chi connectivity index (χ1v) is 10.8. The number of nitrogens with one attached hydrogen (secondary N) is 1. The number of nitrogens with zero attached hydrogens (tertiary/aromatic N) is 1. The van der Waals surface area contributed by atoms with Gasteiger partial charge in [-0.3, -0.25) is 9.59 Å². The summed E-state index contributed by atoms with van der Waals surface area (Å²) in [5.41, 5.74) is 4.23. The molecule has 168 valence electrons. The molecule has 4 aromatic rings. The number of amides is 1. The predicted molar refractivity (Wildman–Crippen MR) is 124 cm³/mol. The van der Waals surface area contributed by atoms with Gasteiger partial charge in [-0.15, -0.1) is 0 Å². The van der Waals surface area contributed by atoms with Crippen LogP contribution >= 0.6 is 0 Å². The third-order valence-electron chi connectivity index (χ3n) is 5.66. The highest BCUT2D eigenvalue weighted by molar-refractivity contribution is 6.09. The van der Waals surface area contributed by atoms with Crippen molar-refractivity contribution in [1.82, 2.24) is 9.88 Å². The monoisotopic (exact) mass is 446 g/mol. The molecule has 1 heterocycles. The molecular weight excluding hydrogens is 422 g/mol. The highest BCUT2D eigenvalue weighted by atomic mass is 19.2. The second kappa shape index (κ2) is 9.36. The zero-order valence-corrected chi connectivity index (χ0v) is 18.4. The Morgan fingerprint density at radius 3 is 2.39 bits per heavy atom. The van der Waals surface area contributed by atoms with Gasteiger partial charge in [0.05, 0.1) is 11.1 Å². The molecule has 0 aliphatic carbocycles. The van der Waals surface area contributed by atoms with Gasteiger partial charge in [0.1, 0.15) is 6.29 Å². The van der Waals surface area contributed by atoms with Crippen LogP contribution in [-0.4, -0.2) is 16.8 Å². The van der Waals surface area contributed by atoms with Crippen LogP contribution in [0.4, 0.5) is 8.78 Å². The fourth-order valence-corrected chi connectivity index (χ4v) is 4.16. The Morgan fingerprint density at radius 2 is 1.73 bits per heavy atom. The van der Waals surface area contributed by atoms with E-state index >= 15 is 0 Å². The molecule has 0 unspecified atom stereocenters. The van der Waals surface area contributed by atoms with Crippen LogP contribution in [0.5, 0.6) is 0 Å². The number of fused-ring (bicyclic) bond motifs is 1. The van der Waals surface area contributed by atoms with Gasteiger partial charge in [0.2, 0.25) is 0 Å². The molecule has 3 aromatic carbocycles. The zero-order valence-electron chi connectivity index (χ0n) is 18.4. The fourth-order valence-electron chi connectivity index (χ4n) is 4.16. The molecule has 0 saturated heterocycles. The minimum absolute atomic E-state index is 0.0183. The van der Waals surface area contributed by atoms with Crippen molar-refractivity contribution in [3.63, 3.8) is 0 Å². The Labute approximate surface area is 190 Å². The topological polar surface area (TPSA) is 51.1 Å². The predicted octanol–water partition coefficient (Wildman–Crippen LogP) is 5.83. The average molecular weight is 446 g/mol. The zero-order chi connectivity index (χ0) is 23.5. The number of carbonyl (C=O) groups excluding carboxylic acids is 2. The van der Waals surface area contributed by atoms with Crippen LogP contribution in [0.3, 0.4) is 0 Å². The summed E-state index contributed by atoms with van der Waals surface area (Å²) in [7, 11) is 0. The van der Waals surface area contributed by atoms with Gasteiger partial charge in [-0.1, -0.05) is 62.4 Å². The molecule has 1 amide bonds. The van der Waals surface area contributed by atoms with Gasteiger partial charge in [0, 0.05) is 29.7 Å². The molecule has 0 aliphatic rings. The standard InChI is InChI=1S/C27H24F2N2O2/c1-17(2)26-25(27(33)30-14-19-9-11-22(28)23(29)12-19)21-10-8-20(16-32)13-24(21)31(26)15-18-6-4-3-5-7-18/h3-13,16-17H,14-15H2,1-2H3,(H,30,33). The van der Waals surface area contributed by atoms with Gasteiger partial charge in [-0.25, -0.2) is 8.78 Å². The van der Waals surface area contributed by atoms with E-state index < -0.39 is 11.6 Å². The SMILES string of the molecule is CC(C)c1c(C(=O)NCc2ccc(F)c(F)c2)c2ccc(C=O)cc2n1Cc1ccccc1. The Bertz CT molecular complexity index is 1330. The molecule has 0 radical (unpaired) electrons. The van der Waals surface area contributed by atoms with Crippen molar-refractivity contribution in [1.29, 1.82) is 0 Å². The van der Waals surface area contributed by atoms with E-state index in [1.165, 1.54) is 6.07 Å². The minimum Gasteiger partial charge on any atom is -0.348 e. The van der Waals surface area contributed by atoms with E-state index in [1.54, 1.807) is 18.2 Å². The third kappa shape index (κ3) is 4.55. The van der Waals surface area contributed by atoms with E-state index in [2.05, 4.69) is 9.88 Å². The highest BCUT2D eigenvalue weighted by Crippen LogP contribution is 2.33. The molecule has 0 saturated carbocycles. The number of hydrogen-bond donors (Lipinski definition) is 1. The summed E-state index contributed by atoms with van der Waals surface area (Å²) in [5.74, 6) is -2.17. The maximum Gasteiger partial charge on any atom is 0.254 e. The van der Waals surface area contributed by atoms with Crippen molar-refractivity contribution in [2.24, 2.45) is 0 Å². The summed E-state index contributed by atoms with van der Waals surface area (Å²) in [6.45, 7) is 4.64. The Balaban J connectivity index is 1.79. The lowest BCUT2D eigenvalue weighted by molar-refractivity contribution is 0.0950. The van der Waals surface area contributed by atoms with Crippen molar-refractivity contribution >= 4 is 23.1 Å². The molecule has 1 aromatic heterocycles. The number of aromatic nitrogens is 1. The van der Waals surface area contributed by atoms with Crippen LogP contribution in [0.2, 0.25) is 0 Å². The van der Waals surface area contributed by atoms with Crippen molar-refractivity contribution in [3.8, 4) is 0 Å². The van der Waals surface area contributed by atoms with Crippen LogP contribution in [0.15, 0.2) is 66.7 Å². The van der Waals surface area contributed by atoms with Crippen molar-refractivity contribution < 1.29 is 18.4 Å². The molecule has 0 fully saturated rings. The Hall–Kier alpha value is -3.80. The van der Waals surface area contributed by atoms with E-state index in [1.807, 2.05) is 44.2 Å². The number of carbonyl (C=O) groups is 2. The number of benzene rings is 3. The summed E-state index contributed by atoms with van der Waals surface area (Å²) in [4.78, 5) is 24.8.